The Kier molecular flexibility index (Phi) is 3.13. The van der Waals surface area contributed by atoms with Crippen LogP contribution in [0.5, 0.6) is 5.75 Å². The lowest BCUT2D eigenvalue weighted by Gasteiger charge is -2.39. The molecule has 0 amide bonds. The van der Waals surface area contributed by atoms with Crippen molar-refractivity contribution < 1.29 is 9.13 Å². The molecule has 2 atom stereocenters. The van der Waals surface area contributed by atoms with Gasteiger partial charge in [0, 0.05) is 18.0 Å². The van der Waals surface area contributed by atoms with Crippen LogP contribution in [0.4, 0.5) is 4.39 Å². The van der Waals surface area contributed by atoms with Crippen molar-refractivity contribution in [3.05, 3.63) is 29.6 Å². The quantitative estimate of drug-likeness (QED) is 0.855. The van der Waals surface area contributed by atoms with Crippen LogP contribution >= 0.6 is 0 Å². The Morgan fingerprint density at radius 2 is 2.24 bits per heavy atom. The molecule has 1 aromatic rings. The van der Waals surface area contributed by atoms with Crippen molar-refractivity contribution in [1.82, 2.24) is 0 Å². The number of hydrogen-bond donors (Lipinski definition) is 1. The highest BCUT2D eigenvalue weighted by atomic mass is 19.1. The Morgan fingerprint density at radius 3 is 2.88 bits per heavy atom. The smallest absolute Gasteiger partial charge is 0.125 e. The van der Waals surface area contributed by atoms with Gasteiger partial charge in [-0.1, -0.05) is 13.8 Å². The minimum atomic E-state index is -0.254. The molecule has 0 saturated heterocycles. The Morgan fingerprint density at radius 1 is 1.53 bits per heavy atom. The topological polar surface area (TPSA) is 35.2 Å². The Bertz CT molecular complexity index is 419. The molecule has 0 aromatic heterocycles. The zero-order valence-corrected chi connectivity index (χ0v) is 10.7. The minimum Gasteiger partial charge on any atom is -0.487 e. The standard InChI is InChI=1S/C14H20FNO/c1-9(2)7-14(3)8-12(16)11-6-10(15)4-5-13(11)17-14/h4-6,9,12H,7-8,16H2,1-3H3/t12-,14?/m0/s1. The Balaban J connectivity index is 2.30. The number of nitrogens with two attached hydrogens (primary N) is 1. The van der Waals surface area contributed by atoms with E-state index in [9.17, 15) is 4.39 Å². The summed E-state index contributed by atoms with van der Waals surface area (Å²) in [6.45, 7) is 6.42. The summed E-state index contributed by atoms with van der Waals surface area (Å²) in [6.07, 6.45) is 1.69. The van der Waals surface area contributed by atoms with Crippen LogP contribution < -0.4 is 10.5 Å². The van der Waals surface area contributed by atoms with Gasteiger partial charge in [-0.25, -0.2) is 4.39 Å². The third kappa shape index (κ3) is 2.60. The molecular weight excluding hydrogens is 217 g/mol. The van der Waals surface area contributed by atoms with E-state index >= 15 is 0 Å². The third-order valence-corrected chi connectivity index (χ3v) is 3.22. The van der Waals surface area contributed by atoms with Gasteiger partial charge in [0.25, 0.3) is 0 Å². The molecule has 17 heavy (non-hydrogen) atoms. The van der Waals surface area contributed by atoms with E-state index in [1.54, 1.807) is 6.07 Å². The number of benzene rings is 1. The number of ether oxygens (including phenoxy) is 1. The number of halogens is 1. The first kappa shape index (κ1) is 12.4. The van der Waals surface area contributed by atoms with Crippen molar-refractivity contribution >= 4 is 0 Å². The van der Waals surface area contributed by atoms with E-state index in [1.807, 2.05) is 0 Å². The van der Waals surface area contributed by atoms with Gasteiger partial charge in [0.1, 0.15) is 17.2 Å². The van der Waals surface area contributed by atoms with Gasteiger partial charge in [-0.3, -0.25) is 0 Å². The van der Waals surface area contributed by atoms with E-state index in [1.165, 1.54) is 12.1 Å². The second-order valence-electron chi connectivity index (χ2n) is 5.64. The average Bonchev–Trinajstić information content (AvgIpc) is 2.17. The SMILES string of the molecule is CC(C)CC1(C)C[C@H](N)c2cc(F)ccc2O1. The van der Waals surface area contributed by atoms with Gasteiger partial charge >= 0.3 is 0 Å². The molecule has 1 aliphatic rings. The van der Waals surface area contributed by atoms with Gasteiger partial charge in [0.15, 0.2) is 0 Å². The van der Waals surface area contributed by atoms with E-state index < -0.39 is 0 Å². The Labute approximate surface area is 102 Å². The first-order valence-electron chi connectivity index (χ1n) is 6.14. The first-order valence-corrected chi connectivity index (χ1v) is 6.14. The third-order valence-electron chi connectivity index (χ3n) is 3.22. The molecule has 0 radical (unpaired) electrons. The maximum Gasteiger partial charge on any atom is 0.125 e. The van der Waals surface area contributed by atoms with Crippen LogP contribution in [0.3, 0.4) is 0 Å². The van der Waals surface area contributed by atoms with Crippen LogP contribution in [-0.2, 0) is 0 Å². The summed E-state index contributed by atoms with van der Waals surface area (Å²) in [5.41, 5.74) is 6.67. The molecule has 1 heterocycles. The minimum absolute atomic E-state index is 0.141. The lowest BCUT2D eigenvalue weighted by Crippen LogP contribution is -2.41. The summed E-state index contributed by atoms with van der Waals surface area (Å²) in [5.74, 6) is 1.03. The van der Waals surface area contributed by atoms with Crippen LogP contribution in [0.1, 0.15) is 45.2 Å². The molecule has 94 valence electrons. The molecule has 0 aliphatic carbocycles. The zero-order chi connectivity index (χ0) is 12.6. The summed E-state index contributed by atoms with van der Waals surface area (Å²) in [4.78, 5) is 0. The molecule has 2 N–H and O–H groups in total. The monoisotopic (exact) mass is 237 g/mol. The molecule has 1 aliphatic heterocycles. The van der Waals surface area contributed by atoms with Gasteiger partial charge in [-0.05, 0) is 37.5 Å². The first-order chi connectivity index (χ1) is 7.89. The van der Waals surface area contributed by atoms with Crippen molar-refractivity contribution in [3.8, 4) is 5.75 Å². The highest BCUT2D eigenvalue weighted by molar-refractivity contribution is 5.39. The molecule has 0 bridgehead atoms. The molecule has 0 fully saturated rings. The summed E-state index contributed by atoms with van der Waals surface area (Å²) < 4.78 is 19.2. The largest absolute Gasteiger partial charge is 0.487 e. The number of fused-ring (bicyclic) bond motifs is 1. The highest BCUT2D eigenvalue weighted by Gasteiger charge is 2.36. The fourth-order valence-corrected chi connectivity index (χ4v) is 2.77. The van der Waals surface area contributed by atoms with Crippen molar-refractivity contribution in [2.45, 2.75) is 45.3 Å². The van der Waals surface area contributed by atoms with Gasteiger partial charge in [0.05, 0.1) is 0 Å². The number of rotatable bonds is 2. The van der Waals surface area contributed by atoms with Crippen molar-refractivity contribution in [2.75, 3.05) is 0 Å². The molecular formula is C14H20FNO. The van der Waals surface area contributed by atoms with Crippen LogP contribution in [0.15, 0.2) is 18.2 Å². The normalized spacial score (nSPS) is 27.8. The average molecular weight is 237 g/mol. The van der Waals surface area contributed by atoms with E-state index in [0.717, 1.165) is 24.2 Å². The lowest BCUT2D eigenvalue weighted by atomic mass is 9.83. The molecule has 0 saturated carbocycles. The van der Waals surface area contributed by atoms with E-state index in [-0.39, 0.29) is 17.5 Å². The lowest BCUT2D eigenvalue weighted by molar-refractivity contribution is 0.0339. The van der Waals surface area contributed by atoms with Gasteiger partial charge < -0.3 is 10.5 Å². The summed E-state index contributed by atoms with van der Waals surface area (Å²) in [5, 5.41) is 0. The summed E-state index contributed by atoms with van der Waals surface area (Å²) in [7, 11) is 0. The van der Waals surface area contributed by atoms with Crippen LogP contribution in [0, 0.1) is 11.7 Å². The van der Waals surface area contributed by atoms with Crippen LogP contribution in [0.25, 0.3) is 0 Å². The summed E-state index contributed by atoms with van der Waals surface area (Å²) >= 11 is 0. The van der Waals surface area contributed by atoms with E-state index in [2.05, 4.69) is 20.8 Å². The van der Waals surface area contributed by atoms with E-state index in [4.69, 9.17) is 10.5 Å². The highest BCUT2D eigenvalue weighted by Crippen LogP contribution is 2.41. The predicted molar refractivity (Wildman–Crippen MR) is 66.4 cm³/mol. The zero-order valence-electron chi connectivity index (χ0n) is 10.7. The molecule has 0 spiro atoms. The second-order valence-corrected chi connectivity index (χ2v) is 5.64. The van der Waals surface area contributed by atoms with Crippen LogP contribution in [-0.4, -0.2) is 5.60 Å². The summed E-state index contributed by atoms with van der Waals surface area (Å²) in [6, 6.07) is 4.45. The maximum absolute atomic E-state index is 13.2. The van der Waals surface area contributed by atoms with Crippen molar-refractivity contribution in [3.63, 3.8) is 0 Å². The Hall–Kier alpha value is -1.09. The molecule has 2 nitrogen and oxygen atoms in total. The fourth-order valence-electron chi connectivity index (χ4n) is 2.77. The second kappa shape index (κ2) is 4.30. The molecule has 3 heteroatoms. The fraction of sp³-hybridized carbons (Fsp3) is 0.571. The number of hydrogen-bond acceptors (Lipinski definition) is 2. The van der Waals surface area contributed by atoms with Crippen molar-refractivity contribution in [2.24, 2.45) is 11.7 Å². The van der Waals surface area contributed by atoms with Crippen LogP contribution in [0.2, 0.25) is 0 Å². The molecule has 2 rings (SSSR count). The predicted octanol–water partition coefficient (Wildman–Crippen LogP) is 3.41. The molecule has 1 aromatic carbocycles. The maximum atomic E-state index is 13.2. The molecule has 1 unspecified atom stereocenters. The van der Waals surface area contributed by atoms with Gasteiger partial charge in [-0.2, -0.15) is 0 Å². The van der Waals surface area contributed by atoms with Gasteiger partial charge in [-0.15, -0.1) is 0 Å². The van der Waals surface area contributed by atoms with Crippen molar-refractivity contribution in [1.29, 1.82) is 0 Å². The van der Waals surface area contributed by atoms with E-state index in [0.29, 0.717) is 5.92 Å². The van der Waals surface area contributed by atoms with Gasteiger partial charge in [0.2, 0.25) is 0 Å².